The molecule has 0 N–H and O–H groups in total. The van der Waals surface area contributed by atoms with Crippen molar-refractivity contribution in [1.29, 1.82) is 0 Å². The van der Waals surface area contributed by atoms with Gasteiger partial charge in [0.25, 0.3) is 0 Å². The minimum atomic E-state index is -0.507. The molecule has 3 heteroatoms. The van der Waals surface area contributed by atoms with Gasteiger partial charge in [-0.3, -0.25) is 9.59 Å². The Bertz CT molecular complexity index is 435. The Hall–Kier alpha value is -1.51. The third-order valence-corrected chi connectivity index (χ3v) is 2.52. The first-order chi connectivity index (χ1) is 6.61. The highest BCUT2D eigenvalue weighted by Gasteiger charge is 2.26. The first-order valence-corrected chi connectivity index (χ1v) is 4.47. The molecular weight excluding hydrogens is 183 g/mol. The van der Waals surface area contributed by atoms with E-state index < -0.39 is 5.82 Å². The monoisotopic (exact) mass is 192 g/mol. The van der Waals surface area contributed by atoms with Crippen LogP contribution in [0.25, 0.3) is 0 Å². The SMILES string of the molecule is CC(=O)c1ccc(F)c2c1CCC2=O. The van der Waals surface area contributed by atoms with Crippen molar-refractivity contribution in [3.63, 3.8) is 0 Å². The van der Waals surface area contributed by atoms with Gasteiger partial charge < -0.3 is 0 Å². The van der Waals surface area contributed by atoms with Crippen LogP contribution in [0.4, 0.5) is 4.39 Å². The van der Waals surface area contributed by atoms with Crippen LogP contribution < -0.4 is 0 Å². The molecule has 0 amide bonds. The maximum absolute atomic E-state index is 13.3. The number of hydrogen-bond donors (Lipinski definition) is 0. The summed E-state index contributed by atoms with van der Waals surface area (Å²) in [6.45, 7) is 1.43. The highest BCUT2D eigenvalue weighted by Crippen LogP contribution is 2.27. The van der Waals surface area contributed by atoms with Crippen molar-refractivity contribution in [2.75, 3.05) is 0 Å². The van der Waals surface area contributed by atoms with Gasteiger partial charge in [0.1, 0.15) is 5.82 Å². The van der Waals surface area contributed by atoms with Crippen LogP contribution in [0.2, 0.25) is 0 Å². The van der Waals surface area contributed by atoms with Crippen LogP contribution in [0.1, 0.15) is 39.6 Å². The van der Waals surface area contributed by atoms with Gasteiger partial charge in [0.15, 0.2) is 11.6 Å². The number of fused-ring (bicyclic) bond motifs is 1. The van der Waals surface area contributed by atoms with Crippen molar-refractivity contribution in [2.45, 2.75) is 19.8 Å². The van der Waals surface area contributed by atoms with Gasteiger partial charge in [-0.15, -0.1) is 0 Å². The van der Waals surface area contributed by atoms with Gasteiger partial charge in [0.05, 0.1) is 5.56 Å². The van der Waals surface area contributed by atoms with Crippen molar-refractivity contribution in [3.05, 3.63) is 34.6 Å². The molecular formula is C11H9FO2. The van der Waals surface area contributed by atoms with Crippen LogP contribution in [0, 0.1) is 5.82 Å². The maximum atomic E-state index is 13.3. The number of Topliss-reactive ketones (excluding diaryl/α,β-unsaturated/α-hetero) is 2. The molecule has 1 aromatic carbocycles. The van der Waals surface area contributed by atoms with E-state index in [0.717, 1.165) is 0 Å². The van der Waals surface area contributed by atoms with Crippen LogP contribution in [-0.4, -0.2) is 11.6 Å². The molecule has 1 aliphatic rings. The highest BCUT2D eigenvalue weighted by atomic mass is 19.1. The zero-order valence-corrected chi connectivity index (χ0v) is 7.76. The molecule has 0 spiro atoms. The Morgan fingerprint density at radius 3 is 2.71 bits per heavy atom. The molecule has 0 aliphatic heterocycles. The molecule has 1 aromatic rings. The first-order valence-electron chi connectivity index (χ1n) is 4.47. The van der Waals surface area contributed by atoms with Gasteiger partial charge in [-0.05, 0) is 31.0 Å². The maximum Gasteiger partial charge on any atom is 0.166 e. The molecule has 72 valence electrons. The van der Waals surface area contributed by atoms with Gasteiger partial charge >= 0.3 is 0 Å². The van der Waals surface area contributed by atoms with Crippen LogP contribution >= 0.6 is 0 Å². The van der Waals surface area contributed by atoms with E-state index in [0.29, 0.717) is 24.0 Å². The Labute approximate surface area is 80.7 Å². The minimum Gasteiger partial charge on any atom is -0.295 e. The molecule has 0 atom stereocenters. The topological polar surface area (TPSA) is 34.1 Å². The summed E-state index contributed by atoms with van der Waals surface area (Å²) in [6.07, 6.45) is 0.803. The fourth-order valence-electron chi connectivity index (χ4n) is 1.87. The van der Waals surface area contributed by atoms with E-state index in [1.54, 1.807) is 0 Å². The quantitative estimate of drug-likeness (QED) is 0.639. The summed E-state index contributed by atoms with van der Waals surface area (Å²) in [5.41, 5.74) is 1.19. The van der Waals surface area contributed by atoms with Gasteiger partial charge in [0.2, 0.25) is 0 Å². The zero-order chi connectivity index (χ0) is 10.3. The lowest BCUT2D eigenvalue weighted by Crippen LogP contribution is -2.02. The number of benzene rings is 1. The zero-order valence-electron chi connectivity index (χ0n) is 7.76. The summed E-state index contributed by atoms with van der Waals surface area (Å²) in [5, 5.41) is 0. The summed E-state index contributed by atoms with van der Waals surface area (Å²) >= 11 is 0. The summed E-state index contributed by atoms with van der Waals surface area (Å²) in [7, 11) is 0. The van der Waals surface area contributed by atoms with Crippen molar-refractivity contribution in [3.8, 4) is 0 Å². The molecule has 0 unspecified atom stereocenters. The van der Waals surface area contributed by atoms with Gasteiger partial charge in [-0.2, -0.15) is 0 Å². The first kappa shape index (κ1) is 9.06. The Morgan fingerprint density at radius 2 is 2.07 bits per heavy atom. The summed E-state index contributed by atoms with van der Waals surface area (Å²) < 4.78 is 13.3. The third-order valence-electron chi connectivity index (χ3n) is 2.52. The van der Waals surface area contributed by atoms with E-state index in [2.05, 4.69) is 0 Å². The molecule has 0 saturated heterocycles. The molecule has 0 bridgehead atoms. The molecule has 1 aliphatic carbocycles. The van der Waals surface area contributed by atoms with Crippen molar-refractivity contribution in [2.24, 2.45) is 0 Å². The van der Waals surface area contributed by atoms with E-state index in [9.17, 15) is 14.0 Å². The summed E-state index contributed by atoms with van der Waals surface area (Å²) in [4.78, 5) is 22.5. The van der Waals surface area contributed by atoms with Crippen LogP contribution in [0.5, 0.6) is 0 Å². The smallest absolute Gasteiger partial charge is 0.166 e. The average molecular weight is 192 g/mol. The number of halogens is 1. The molecule has 14 heavy (non-hydrogen) atoms. The molecule has 0 heterocycles. The van der Waals surface area contributed by atoms with Gasteiger partial charge in [-0.25, -0.2) is 4.39 Å². The Kier molecular flexibility index (Phi) is 1.95. The van der Waals surface area contributed by atoms with Gasteiger partial charge in [-0.1, -0.05) is 0 Å². The second-order valence-corrected chi connectivity index (χ2v) is 3.43. The molecule has 2 rings (SSSR count). The summed E-state index contributed by atoms with van der Waals surface area (Å²) in [6, 6.07) is 2.65. The van der Waals surface area contributed by atoms with Crippen LogP contribution in [0.15, 0.2) is 12.1 Å². The lowest BCUT2D eigenvalue weighted by atomic mass is 10.0. The van der Waals surface area contributed by atoms with E-state index in [1.807, 2.05) is 0 Å². The van der Waals surface area contributed by atoms with Crippen molar-refractivity contribution < 1.29 is 14.0 Å². The van der Waals surface area contributed by atoms with E-state index in [1.165, 1.54) is 19.1 Å². The minimum absolute atomic E-state index is 0.115. The van der Waals surface area contributed by atoms with Crippen molar-refractivity contribution in [1.82, 2.24) is 0 Å². The van der Waals surface area contributed by atoms with E-state index in [4.69, 9.17) is 0 Å². The van der Waals surface area contributed by atoms with Gasteiger partial charge in [0, 0.05) is 12.0 Å². The van der Waals surface area contributed by atoms with Crippen LogP contribution in [0.3, 0.4) is 0 Å². The Morgan fingerprint density at radius 1 is 1.36 bits per heavy atom. The Balaban J connectivity index is 2.70. The molecule has 2 nitrogen and oxygen atoms in total. The molecule has 0 radical (unpaired) electrons. The lowest BCUT2D eigenvalue weighted by molar-refractivity contribution is 0.0989. The summed E-state index contributed by atoms with van der Waals surface area (Å²) in [5.74, 6) is -0.816. The predicted octanol–water partition coefficient (Wildman–Crippen LogP) is 2.16. The fourth-order valence-corrected chi connectivity index (χ4v) is 1.87. The fraction of sp³-hybridized carbons (Fsp3) is 0.273. The van der Waals surface area contributed by atoms with E-state index in [-0.39, 0.29) is 17.1 Å². The lowest BCUT2D eigenvalue weighted by Gasteiger charge is -2.04. The second-order valence-electron chi connectivity index (χ2n) is 3.43. The molecule has 0 fully saturated rings. The normalized spacial score (nSPS) is 14.3. The number of rotatable bonds is 1. The third kappa shape index (κ3) is 1.16. The molecule has 0 aromatic heterocycles. The number of hydrogen-bond acceptors (Lipinski definition) is 2. The standard InChI is InChI=1S/C11H9FO2/c1-6(13)7-2-4-9(12)11-8(7)3-5-10(11)14/h2,4H,3,5H2,1H3. The second kappa shape index (κ2) is 3.01. The van der Waals surface area contributed by atoms with E-state index >= 15 is 0 Å². The van der Waals surface area contributed by atoms with Crippen molar-refractivity contribution >= 4 is 11.6 Å². The number of ketones is 2. The number of carbonyl (C=O) groups is 2. The average Bonchev–Trinajstić information content (AvgIpc) is 2.49. The molecule has 0 saturated carbocycles. The van der Waals surface area contributed by atoms with Crippen LogP contribution in [-0.2, 0) is 6.42 Å². The predicted molar refractivity (Wildman–Crippen MR) is 49.1 cm³/mol. The number of carbonyl (C=O) groups excluding carboxylic acids is 2. The highest BCUT2D eigenvalue weighted by molar-refractivity contribution is 6.05. The largest absolute Gasteiger partial charge is 0.295 e.